The van der Waals surface area contributed by atoms with Crippen LogP contribution in [0.4, 0.5) is 11.4 Å². The van der Waals surface area contributed by atoms with Gasteiger partial charge in [-0.1, -0.05) is 72.9 Å². The molecule has 0 bridgehead atoms. The number of benzene rings is 2. The first-order valence-electron chi connectivity index (χ1n) is 11.8. The molecular formula is C28H24N2O3S2. The van der Waals surface area contributed by atoms with Crippen molar-refractivity contribution in [1.29, 1.82) is 0 Å². The molecular weight excluding hydrogens is 476 g/mol. The van der Waals surface area contributed by atoms with Gasteiger partial charge in [-0.05, 0) is 65.8 Å². The van der Waals surface area contributed by atoms with Crippen LogP contribution < -0.4 is 4.90 Å². The SMILES string of the molecule is O=C(O)CN1C(=O)C(=C2C=CC(=Cc3ccc4c(c3)C3CCCC3N4c3ccccc3)C2)SC1=S. The minimum Gasteiger partial charge on any atom is -0.480 e. The number of carboxylic acid groups (broad SMARTS) is 1. The van der Waals surface area contributed by atoms with E-state index in [2.05, 4.69) is 59.5 Å². The molecule has 0 radical (unpaired) electrons. The van der Waals surface area contributed by atoms with E-state index in [1.54, 1.807) is 0 Å². The molecule has 1 saturated carbocycles. The number of carboxylic acids is 1. The smallest absolute Gasteiger partial charge is 0.323 e. The lowest BCUT2D eigenvalue weighted by atomic mass is 9.95. The summed E-state index contributed by atoms with van der Waals surface area (Å²) in [5.74, 6) is -0.815. The highest BCUT2D eigenvalue weighted by Gasteiger charge is 2.42. The van der Waals surface area contributed by atoms with Crippen LogP contribution in [0.3, 0.4) is 0 Å². The second-order valence-electron chi connectivity index (χ2n) is 9.37. The van der Waals surface area contributed by atoms with Crippen LogP contribution in [0.2, 0.25) is 0 Å². The number of rotatable bonds is 4. The quantitative estimate of drug-likeness (QED) is 0.409. The Labute approximate surface area is 213 Å². The third-order valence-corrected chi connectivity index (χ3v) is 8.74. The van der Waals surface area contributed by atoms with Crippen LogP contribution in [0, 0.1) is 0 Å². The molecule has 4 aliphatic rings. The summed E-state index contributed by atoms with van der Waals surface area (Å²) >= 11 is 6.43. The van der Waals surface area contributed by atoms with Crippen molar-refractivity contribution in [2.75, 3.05) is 11.4 Å². The number of hydrogen-bond acceptors (Lipinski definition) is 5. The predicted molar refractivity (Wildman–Crippen MR) is 144 cm³/mol. The maximum Gasteiger partial charge on any atom is 0.323 e. The van der Waals surface area contributed by atoms with Gasteiger partial charge in [-0.25, -0.2) is 0 Å². The third kappa shape index (κ3) is 3.93. The molecule has 2 unspecified atom stereocenters. The lowest BCUT2D eigenvalue weighted by Crippen LogP contribution is -2.33. The molecule has 2 aromatic rings. The van der Waals surface area contributed by atoms with Gasteiger partial charge in [-0.2, -0.15) is 0 Å². The van der Waals surface area contributed by atoms with E-state index in [1.165, 1.54) is 53.5 Å². The van der Waals surface area contributed by atoms with Crippen molar-refractivity contribution < 1.29 is 14.7 Å². The summed E-state index contributed by atoms with van der Waals surface area (Å²) in [6.07, 6.45) is 10.5. The Balaban J connectivity index is 1.27. The number of amides is 1. The van der Waals surface area contributed by atoms with E-state index in [0.29, 0.717) is 27.6 Å². The highest BCUT2D eigenvalue weighted by Crippen LogP contribution is 2.52. The lowest BCUT2D eigenvalue weighted by molar-refractivity contribution is -0.140. The van der Waals surface area contributed by atoms with Crippen LogP contribution in [0.5, 0.6) is 0 Å². The van der Waals surface area contributed by atoms with Gasteiger partial charge < -0.3 is 10.0 Å². The Morgan fingerprint density at radius 2 is 1.97 bits per heavy atom. The fraction of sp³-hybridized carbons (Fsp3) is 0.250. The average Bonchev–Trinajstić information content (AvgIpc) is 3.61. The van der Waals surface area contributed by atoms with Crippen molar-refractivity contribution in [2.24, 2.45) is 0 Å². The number of carbonyl (C=O) groups excluding carboxylic acids is 1. The molecule has 2 aliphatic heterocycles. The monoisotopic (exact) mass is 500 g/mol. The van der Waals surface area contributed by atoms with Crippen LogP contribution in [-0.4, -0.2) is 38.8 Å². The zero-order valence-electron chi connectivity index (χ0n) is 19.0. The molecule has 176 valence electrons. The zero-order chi connectivity index (χ0) is 24.1. The van der Waals surface area contributed by atoms with Gasteiger partial charge in [0.1, 0.15) is 10.9 Å². The summed E-state index contributed by atoms with van der Waals surface area (Å²) < 4.78 is 0.304. The maximum atomic E-state index is 12.7. The molecule has 2 fully saturated rings. The summed E-state index contributed by atoms with van der Waals surface area (Å²) in [5, 5.41) is 9.07. The van der Waals surface area contributed by atoms with E-state index in [4.69, 9.17) is 17.3 Å². The topological polar surface area (TPSA) is 60.9 Å². The van der Waals surface area contributed by atoms with Gasteiger partial charge in [-0.3, -0.25) is 14.5 Å². The molecule has 2 aliphatic carbocycles. The van der Waals surface area contributed by atoms with Crippen molar-refractivity contribution in [3.8, 4) is 0 Å². The first-order valence-corrected chi connectivity index (χ1v) is 13.1. The summed E-state index contributed by atoms with van der Waals surface area (Å²) in [6, 6.07) is 18.0. The highest BCUT2D eigenvalue weighted by molar-refractivity contribution is 8.26. The molecule has 35 heavy (non-hydrogen) atoms. The second-order valence-corrected chi connectivity index (χ2v) is 11.0. The van der Waals surface area contributed by atoms with Crippen LogP contribution in [0.15, 0.2) is 76.7 Å². The molecule has 1 amide bonds. The number of para-hydroxylation sites is 1. The molecule has 7 heteroatoms. The van der Waals surface area contributed by atoms with Crippen molar-refractivity contribution in [2.45, 2.75) is 37.6 Å². The number of hydrogen-bond donors (Lipinski definition) is 1. The van der Waals surface area contributed by atoms with Gasteiger partial charge in [0.05, 0.1) is 4.91 Å². The Morgan fingerprint density at radius 1 is 1.14 bits per heavy atom. The molecule has 1 N–H and O–H groups in total. The Bertz CT molecular complexity index is 1350. The zero-order valence-corrected chi connectivity index (χ0v) is 20.6. The van der Waals surface area contributed by atoms with Crippen LogP contribution in [0.1, 0.15) is 42.7 Å². The van der Waals surface area contributed by atoms with E-state index in [-0.39, 0.29) is 5.91 Å². The van der Waals surface area contributed by atoms with Crippen molar-refractivity contribution >= 4 is 57.6 Å². The van der Waals surface area contributed by atoms with Crippen LogP contribution >= 0.6 is 24.0 Å². The first kappa shape index (κ1) is 22.3. The van der Waals surface area contributed by atoms with E-state index < -0.39 is 12.5 Å². The molecule has 2 aromatic carbocycles. The largest absolute Gasteiger partial charge is 0.480 e. The van der Waals surface area contributed by atoms with E-state index in [0.717, 1.165) is 16.0 Å². The Kier molecular flexibility index (Phi) is 5.61. The number of fused-ring (bicyclic) bond motifs is 3. The number of nitrogens with zero attached hydrogens (tertiary/aromatic N) is 2. The van der Waals surface area contributed by atoms with Gasteiger partial charge in [0, 0.05) is 23.3 Å². The number of anilines is 2. The second kappa shape index (κ2) is 8.81. The Hall–Kier alpha value is -3.16. The van der Waals surface area contributed by atoms with Crippen molar-refractivity contribution in [3.63, 3.8) is 0 Å². The standard InChI is InChI=1S/C28H24N2O3S2/c31-25(32)16-29-27(33)26(35-28(29)34)19-11-9-17(14-19)13-18-10-12-24-22(15-18)21-7-4-8-23(21)30(24)20-5-2-1-3-6-20/h1-3,5-6,9-13,15,21,23H,4,7-8,14,16H2,(H,31,32). The molecule has 5 nitrogen and oxygen atoms in total. The first-order chi connectivity index (χ1) is 17.0. The highest BCUT2D eigenvalue weighted by atomic mass is 32.2. The van der Waals surface area contributed by atoms with Crippen molar-refractivity contribution in [1.82, 2.24) is 4.90 Å². The van der Waals surface area contributed by atoms with E-state index in [9.17, 15) is 9.59 Å². The molecule has 2 heterocycles. The fourth-order valence-electron chi connectivity index (χ4n) is 5.77. The van der Waals surface area contributed by atoms with Gasteiger partial charge in [-0.15, -0.1) is 0 Å². The molecule has 0 spiro atoms. The van der Waals surface area contributed by atoms with Crippen molar-refractivity contribution in [3.05, 3.63) is 87.9 Å². The predicted octanol–water partition coefficient (Wildman–Crippen LogP) is 6.02. The van der Waals surface area contributed by atoms with E-state index >= 15 is 0 Å². The molecule has 2 atom stereocenters. The average molecular weight is 501 g/mol. The van der Waals surface area contributed by atoms with Gasteiger partial charge in [0.2, 0.25) is 0 Å². The lowest BCUT2D eigenvalue weighted by Gasteiger charge is -2.27. The van der Waals surface area contributed by atoms with Crippen LogP contribution in [-0.2, 0) is 9.59 Å². The molecule has 0 aromatic heterocycles. The molecule has 6 rings (SSSR count). The summed E-state index contributed by atoms with van der Waals surface area (Å²) in [4.78, 5) is 28.0. The summed E-state index contributed by atoms with van der Waals surface area (Å²) in [5.41, 5.74) is 7.21. The van der Waals surface area contributed by atoms with Gasteiger partial charge >= 0.3 is 5.97 Å². The van der Waals surface area contributed by atoms with Gasteiger partial charge in [0.15, 0.2) is 0 Å². The van der Waals surface area contributed by atoms with Gasteiger partial charge in [0.25, 0.3) is 5.91 Å². The number of aliphatic carboxylic acids is 1. The summed E-state index contributed by atoms with van der Waals surface area (Å²) in [6.45, 7) is -0.398. The number of carbonyl (C=O) groups is 2. The normalized spacial score (nSPS) is 26.2. The molecule has 1 saturated heterocycles. The number of thiocarbonyl (C=S) groups is 1. The Morgan fingerprint density at radius 3 is 2.77 bits per heavy atom. The third-order valence-electron chi connectivity index (χ3n) is 7.24. The fourth-order valence-corrected chi connectivity index (χ4v) is 7.07. The number of allylic oxidation sites excluding steroid dienone is 4. The van der Waals surface area contributed by atoms with E-state index in [1.807, 2.05) is 12.2 Å². The minimum absolute atomic E-state index is 0.304. The summed E-state index contributed by atoms with van der Waals surface area (Å²) in [7, 11) is 0. The minimum atomic E-state index is -1.07. The van der Waals surface area contributed by atoms with Crippen LogP contribution in [0.25, 0.3) is 6.08 Å². The number of thioether (sulfide) groups is 1. The maximum absolute atomic E-state index is 12.7.